The molecule has 1 unspecified atom stereocenters. The Hall–Kier alpha value is -1.82. The first kappa shape index (κ1) is 19.5. The third-order valence-electron chi connectivity index (χ3n) is 3.93. The minimum Gasteiger partial charge on any atom is -0.444 e. The van der Waals surface area contributed by atoms with Gasteiger partial charge in [-0.05, 0) is 52.2 Å². The van der Waals surface area contributed by atoms with Gasteiger partial charge in [-0.1, -0.05) is 17.7 Å². The lowest BCUT2D eigenvalue weighted by Crippen LogP contribution is -2.53. The van der Waals surface area contributed by atoms with Crippen molar-refractivity contribution in [3.05, 3.63) is 34.6 Å². The van der Waals surface area contributed by atoms with E-state index >= 15 is 0 Å². The maximum Gasteiger partial charge on any atom is 0.410 e. The summed E-state index contributed by atoms with van der Waals surface area (Å²) in [5.74, 6) is -0.801. The number of nitrogens with one attached hydrogen (secondary N) is 1. The Morgan fingerprint density at radius 3 is 2.72 bits per heavy atom. The second-order valence-electron chi connectivity index (χ2n) is 7.10. The van der Waals surface area contributed by atoms with Crippen LogP contribution in [0.15, 0.2) is 18.2 Å². The van der Waals surface area contributed by atoms with E-state index in [1.807, 2.05) is 0 Å². The molecule has 0 spiro atoms. The van der Waals surface area contributed by atoms with Crippen LogP contribution in [0.25, 0.3) is 0 Å². The van der Waals surface area contributed by atoms with Gasteiger partial charge in [-0.2, -0.15) is 0 Å². The van der Waals surface area contributed by atoms with Gasteiger partial charge in [0.05, 0.1) is 0 Å². The number of piperidine rings is 1. The van der Waals surface area contributed by atoms with Crippen molar-refractivity contribution in [2.24, 2.45) is 0 Å². The number of rotatable bonds is 3. The molecule has 0 saturated carbocycles. The Morgan fingerprint density at radius 2 is 2.08 bits per heavy atom. The summed E-state index contributed by atoms with van der Waals surface area (Å²) in [6, 6.07) is 3.75. The number of amides is 2. The van der Waals surface area contributed by atoms with E-state index in [4.69, 9.17) is 16.3 Å². The first-order valence-corrected chi connectivity index (χ1v) is 8.77. The number of nitrogens with zero attached hydrogens (tertiary/aromatic N) is 1. The standard InChI is InChI=1S/C18H24ClFN2O3/c1-18(2,3)25-17(24)22-10-5-4-9-15(22)16(23)21-11-12-13(19)7-6-8-14(12)20/h6-8,15H,4-5,9-11H2,1-3H3,(H,21,23). The van der Waals surface area contributed by atoms with Crippen LogP contribution in [0.4, 0.5) is 9.18 Å². The molecule has 5 nitrogen and oxygen atoms in total. The van der Waals surface area contributed by atoms with Gasteiger partial charge in [-0.15, -0.1) is 0 Å². The van der Waals surface area contributed by atoms with E-state index in [1.54, 1.807) is 26.8 Å². The summed E-state index contributed by atoms with van der Waals surface area (Å²) in [6.45, 7) is 5.79. The topological polar surface area (TPSA) is 58.6 Å². The number of ether oxygens (including phenoxy) is 1. The molecule has 25 heavy (non-hydrogen) atoms. The average Bonchev–Trinajstić information content (AvgIpc) is 2.52. The first-order valence-electron chi connectivity index (χ1n) is 8.39. The molecule has 0 aromatic heterocycles. The summed E-state index contributed by atoms with van der Waals surface area (Å²) in [4.78, 5) is 26.4. The second-order valence-corrected chi connectivity index (χ2v) is 7.51. The molecule has 1 fully saturated rings. The van der Waals surface area contributed by atoms with Crippen LogP contribution < -0.4 is 5.32 Å². The third kappa shape index (κ3) is 5.33. The molecule has 1 aliphatic rings. The fourth-order valence-electron chi connectivity index (χ4n) is 2.74. The largest absolute Gasteiger partial charge is 0.444 e. The van der Waals surface area contributed by atoms with E-state index in [1.165, 1.54) is 17.0 Å². The van der Waals surface area contributed by atoms with E-state index in [9.17, 15) is 14.0 Å². The van der Waals surface area contributed by atoms with Gasteiger partial charge in [-0.3, -0.25) is 9.69 Å². The lowest BCUT2D eigenvalue weighted by molar-refractivity contribution is -0.127. The van der Waals surface area contributed by atoms with Crippen molar-refractivity contribution in [2.45, 2.75) is 58.2 Å². The Labute approximate surface area is 152 Å². The molecule has 0 aliphatic carbocycles. The summed E-state index contributed by atoms with van der Waals surface area (Å²) in [5, 5.41) is 2.94. The van der Waals surface area contributed by atoms with Crippen LogP contribution in [0, 0.1) is 5.82 Å². The van der Waals surface area contributed by atoms with Crippen molar-refractivity contribution >= 4 is 23.6 Å². The summed E-state index contributed by atoms with van der Waals surface area (Å²) >= 11 is 5.97. The Kier molecular flexibility index (Phi) is 6.27. The predicted molar refractivity (Wildman–Crippen MR) is 93.8 cm³/mol. The summed E-state index contributed by atoms with van der Waals surface area (Å²) in [7, 11) is 0. The summed E-state index contributed by atoms with van der Waals surface area (Å²) in [5.41, 5.74) is -0.395. The molecule has 1 aromatic rings. The van der Waals surface area contributed by atoms with Gasteiger partial charge in [-0.25, -0.2) is 9.18 Å². The quantitative estimate of drug-likeness (QED) is 0.878. The zero-order valence-electron chi connectivity index (χ0n) is 14.8. The average molecular weight is 371 g/mol. The van der Waals surface area contributed by atoms with Crippen LogP contribution in [0.3, 0.4) is 0 Å². The maximum absolute atomic E-state index is 13.8. The SMILES string of the molecule is CC(C)(C)OC(=O)N1CCCCC1C(=O)NCc1c(F)cccc1Cl. The van der Waals surface area contributed by atoms with Gasteiger partial charge in [0.2, 0.25) is 5.91 Å². The normalized spacial score (nSPS) is 18.0. The monoisotopic (exact) mass is 370 g/mol. The van der Waals surface area contributed by atoms with Gasteiger partial charge in [0.25, 0.3) is 0 Å². The van der Waals surface area contributed by atoms with Crippen molar-refractivity contribution in [1.82, 2.24) is 10.2 Å². The molecule has 138 valence electrons. The van der Waals surface area contributed by atoms with Crippen LogP contribution in [0.5, 0.6) is 0 Å². The molecular formula is C18H24ClFN2O3. The smallest absolute Gasteiger partial charge is 0.410 e. The summed E-state index contributed by atoms with van der Waals surface area (Å²) < 4.78 is 19.2. The number of halogens is 2. The Bertz CT molecular complexity index is 625. The van der Waals surface area contributed by atoms with Gasteiger partial charge >= 0.3 is 6.09 Å². The Morgan fingerprint density at radius 1 is 1.36 bits per heavy atom. The van der Waals surface area contributed by atoms with Crippen LogP contribution in [-0.2, 0) is 16.1 Å². The number of hydrogen-bond donors (Lipinski definition) is 1. The highest BCUT2D eigenvalue weighted by molar-refractivity contribution is 6.31. The molecule has 1 aromatic carbocycles. The van der Waals surface area contributed by atoms with Crippen molar-refractivity contribution in [3.8, 4) is 0 Å². The van der Waals surface area contributed by atoms with Crippen LogP contribution in [-0.4, -0.2) is 35.1 Å². The van der Waals surface area contributed by atoms with Gasteiger partial charge in [0, 0.05) is 23.7 Å². The fraction of sp³-hybridized carbons (Fsp3) is 0.556. The van der Waals surface area contributed by atoms with E-state index < -0.39 is 23.6 Å². The molecule has 1 N–H and O–H groups in total. The van der Waals surface area contributed by atoms with E-state index in [2.05, 4.69) is 5.32 Å². The van der Waals surface area contributed by atoms with Crippen molar-refractivity contribution < 1.29 is 18.7 Å². The minimum atomic E-state index is -0.629. The minimum absolute atomic E-state index is 0.0248. The fourth-order valence-corrected chi connectivity index (χ4v) is 2.97. The number of likely N-dealkylation sites (tertiary alicyclic amines) is 1. The molecule has 2 rings (SSSR count). The molecule has 1 heterocycles. The van der Waals surface area contributed by atoms with Gasteiger partial charge < -0.3 is 10.1 Å². The molecule has 2 amide bonds. The molecule has 0 radical (unpaired) electrons. The van der Waals surface area contributed by atoms with Crippen molar-refractivity contribution in [2.75, 3.05) is 6.54 Å². The molecular weight excluding hydrogens is 347 g/mol. The van der Waals surface area contributed by atoms with Crippen molar-refractivity contribution in [3.63, 3.8) is 0 Å². The lowest BCUT2D eigenvalue weighted by atomic mass is 10.0. The number of carbonyl (C=O) groups excluding carboxylic acids is 2. The highest BCUT2D eigenvalue weighted by Gasteiger charge is 2.34. The highest BCUT2D eigenvalue weighted by atomic mass is 35.5. The predicted octanol–water partition coefficient (Wildman–Crippen LogP) is 3.88. The first-order chi connectivity index (χ1) is 11.7. The number of carbonyl (C=O) groups is 2. The number of benzene rings is 1. The van der Waals surface area contributed by atoms with E-state index in [0.717, 1.165) is 12.8 Å². The molecule has 1 saturated heterocycles. The van der Waals surface area contributed by atoms with Gasteiger partial charge in [0.1, 0.15) is 17.5 Å². The van der Waals surface area contributed by atoms with Crippen LogP contribution in [0.1, 0.15) is 45.6 Å². The highest BCUT2D eigenvalue weighted by Crippen LogP contribution is 2.22. The Balaban J connectivity index is 2.04. The van der Waals surface area contributed by atoms with Crippen LogP contribution in [0.2, 0.25) is 5.02 Å². The van der Waals surface area contributed by atoms with Gasteiger partial charge in [0.15, 0.2) is 0 Å². The molecule has 0 bridgehead atoms. The summed E-state index contributed by atoms with van der Waals surface area (Å²) in [6.07, 6.45) is 1.71. The number of hydrogen-bond acceptors (Lipinski definition) is 3. The van der Waals surface area contributed by atoms with E-state index in [-0.39, 0.29) is 23.0 Å². The maximum atomic E-state index is 13.8. The van der Waals surface area contributed by atoms with Crippen molar-refractivity contribution in [1.29, 1.82) is 0 Å². The second kappa shape index (κ2) is 8.04. The van der Waals surface area contributed by atoms with E-state index in [0.29, 0.717) is 13.0 Å². The van der Waals surface area contributed by atoms with Crippen LogP contribution >= 0.6 is 11.6 Å². The third-order valence-corrected chi connectivity index (χ3v) is 4.29. The zero-order valence-corrected chi connectivity index (χ0v) is 15.5. The molecule has 1 atom stereocenters. The zero-order chi connectivity index (χ0) is 18.6. The lowest BCUT2D eigenvalue weighted by Gasteiger charge is -2.35. The molecule has 7 heteroatoms. The molecule has 1 aliphatic heterocycles.